The highest BCUT2D eigenvalue weighted by Gasteiger charge is 2.22. The molecule has 96 valence electrons. The molecule has 0 unspecified atom stereocenters. The molecule has 0 aliphatic carbocycles. The van der Waals surface area contributed by atoms with Gasteiger partial charge in [0.05, 0.1) is 12.0 Å². The molecule has 0 radical (unpaired) electrons. The molecule has 0 aliphatic heterocycles. The lowest BCUT2D eigenvalue weighted by atomic mass is 10.3. The van der Waals surface area contributed by atoms with Gasteiger partial charge in [-0.05, 0) is 12.1 Å². The average Bonchev–Trinajstić information content (AvgIpc) is 2.30. The fourth-order valence-electron chi connectivity index (χ4n) is 1.51. The Morgan fingerprint density at radius 2 is 1.88 bits per heavy atom. The summed E-state index contributed by atoms with van der Waals surface area (Å²) >= 11 is 0. The lowest BCUT2D eigenvalue weighted by Gasteiger charge is -2.18. The van der Waals surface area contributed by atoms with E-state index in [-0.39, 0.29) is 10.6 Å². The number of benzene rings is 1. The number of sulfonamides is 1. The summed E-state index contributed by atoms with van der Waals surface area (Å²) < 4.78 is 43.5. The summed E-state index contributed by atoms with van der Waals surface area (Å²) in [6.07, 6.45) is 0. The minimum atomic E-state index is -3.56. The highest BCUT2D eigenvalue weighted by molar-refractivity contribution is 7.89. The van der Waals surface area contributed by atoms with Crippen LogP contribution in [0, 0.1) is 5.82 Å². The van der Waals surface area contributed by atoms with E-state index in [1.807, 2.05) is 0 Å². The second kappa shape index (κ2) is 5.46. The fourth-order valence-corrected chi connectivity index (χ4v) is 2.99. The van der Waals surface area contributed by atoms with Crippen LogP contribution in [0.5, 0.6) is 5.75 Å². The van der Waals surface area contributed by atoms with E-state index in [0.717, 1.165) is 6.07 Å². The van der Waals surface area contributed by atoms with Crippen LogP contribution in [0.3, 0.4) is 0 Å². The predicted molar refractivity (Wildman–Crippen MR) is 63.1 cm³/mol. The van der Waals surface area contributed by atoms with Crippen LogP contribution in [0.25, 0.3) is 0 Å². The van der Waals surface area contributed by atoms with Gasteiger partial charge in [0.2, 0.25) is 10.0 Å². The molecule has 6 heteroatoms. The number of ether oxygens (including phenoxy) is 1. The van der Waals surface area contributed by atoms with Crippen LogP contribution in [0.1, 0.15) is 13.8 Å². The Hall–Kier alpha value is -1.14. The van der Waals surface area contributed by atoms with Crippen molar-refractivity contribution in [2.75, 3.05) is 20.2 Å². The third-order valence-electron chi connectivity index (χ3n) is 2.47. The van der Waals surface area contributed by atoms with Gasteiger partial charge in [-0.3, -0.25) is 0 Å². The van der Waals surface area contributed by atoms with E-state index in [0.29, 0.717) is 13.1 Å². The minimum absolute atomic E-state index is 0.0412. The Labute approximate surface area is 101 Å². The zero-order chi connectivity index (χ0) is 13.1. The molecule has 0 aromatic heterocycles. The Balaban J connectivity index is 3.24. The third-order valence-corrected chi connectivity index (χ3v) is 4.51. The average molecular weight is 261 g/mol. The largest absolute Gasteiger partial charge is 0.494 e. The van der Waals surface area contributed by atoms with Crippen LogP contribution in [-0.4, -0.2) is 32.9 Å². The molecule has 0 spiro atoms. The maximum atomic E-state index is 13.2. The minimum Gasteiger partial charge on any atom is -0.494 e. The second-order valence-electron chi connectivity index (χ2n) is 3.39. The first-order chi connectivity index (χ1) is 7.97. The molecule has 1 aromatic rings. The van der Waals surface area contributed by atoms with Crippen molar-refractivity contribution in [2.24, 2.45) is 0 Å². The highest BCUT2D eigenvalue weighted by atomic mass is 32.2. The Bertz CT molecular complexity index is 483. The van der Waals surface area contributed by atoms with Gasteiger partial charge >= 0.3 is 0 Å². The molecule has 0 heterocycles. The molecular weight excluding hydrogens is 245 g/mol. The highest BCUT2D eigenvalue weighted by Crippen LogP contribution is 2.23. The van der Waals surface area contributed by atoms with E-state index in [1.165, 1.54) is 23.5 Å². The molecule has 0 aliphatic rings. The first kappa shape index (κ1) is 13.9. The predicted octanol–water partition coefficient (Wildman–Crippen LogP) is 1.86. The van der Waals surface area contributed by atoms with E-state index < -0.39 is 15.8 Å². The Morgan fingerprint density at radius 3 is 2.35 bits per heavy atom. The van der Waals surface area contributed by atoms with Gasteiger partial charge in [-0.2, -0.15) is 4.31 Å². The number of nitrogens with zero attached hydrogens (tertiary/aromatic N) is 1. The zero-order valence-electron chi connectivity index (χ0n) is 10.1. The summed E-state index contributed by atoms with van der Waals surface area (Å²) in [5.74, 6) is -0.649. The molecule has 17 heavy (non-hydrogen) atoms. The molecule has 0 amide bonds. The molecule has 1 aromatic carbocycles. The summed E-state index contributed by atoms with van der Waals surface area (Å²) in [7, 11) is -2.27. The van der Waals surface area contributed by atoms with Crippen molar-refractivity contribution in [2.45, 2.75) is 18.7 Å². The molecule has 0 N–H and O–H groups in total. The van der Waals surface area contributed by atoms with Crippen molar-refractivity contribution in [1.82, 2.24) is 4.31 Å². The van der Waals surface area contributed by atoms with Gasteiger partial charge in [-0.15, -0.1) is 0 Å². The van der Waals surface area contributed by atoms with Crippen LogP contribution < -0.4 is 4.74 Å². The zero-order valence-corrected chi connectivity index (χ0v) is 10.9. The van der Waals surface area contributed by atoms with Crippen molar-refractivity contribution >= 4 is 10.0 Å². The molecule has 0 saturated heterocycles. The standard InChI is InChI=1S/C11H16FNO3S/c1-4-13(5-2)17(14,15)9-6-7-10(12)11(8-9)16-3/h6-8H,4-5H2,1-3H3. The van der Waals surface area contributed by atoms with Crippen molar-refractivity contribution < 1.29 is 17.5 Å². The SMILES string of the molecule is CCN(CC)S(=O)(=O)c1ccc(F)c(OC)c1. The van der Waals surface area contributed by atoms with E-state index in [9.17, 15) is 12.8 Å². The third kappa shape index (κ3) is 2.76. The van der Waals surface area contributed by atoms with Crippen LogP contribution in [-0.2, 0) is 10.0 Å². The summed E-state index contributed by atoms with van der Waals surface area (Å²) in [5, 5.41) is 0. The van der Waals surface area contributed by atoms with Gasteiger partial charge in [-0.1, -0.05) is 13.8 Å². The fraction of sp³-hybridized carbons (Fsp3) is 0.455. The molecule has 1 rings (SSSR count). The van der Waals surface area contributed by atoms with Gasteiger partial charge in [0.25, 0.3) is 0 Å². The lowest BCUT2D eigenvalue weighted by molar-refractivity contribution is 0.384. The number of hydrogen-bond acceptors (Lipinski definition) is 3. The smallest absolute Gasteiger partial charge is 0.243 e. The monoisotopic (exact) mass is 261 g/mol. The second-order valence-corrected chi connectivity index (χ2v) is 5.32. The van der Waals surface area contributed by atoms with E-state index in [2.05, 4.69) is 0 Å². The lowest BCUT2D eigenvalue weighted by Crippen LogP contribution is -2.30. The van der Waals surface area contributed by atoms with Gasteiger partial charge in [0, 0.05) is 19.2 Å². The Morgan fingerprint density at radius 1 is 1.29 bits per heavy atom. The van der Waals surface area contributed by atoms with E-state index >= 15 is 0 Å². The number of rotatable bonds is 5. The number of methoxy groups -OCH3 is 1. The maximum Gasteiger partial charge on any atom is 0.243 e. The first-order valence-corrected chi connectivity index (χ1v) is 6.75. The van der Waals surface area contributed by atoms with Crippen molar-refractivity contribution in [3.05, 3.63) is 24.0 Å². The molecule has 0 saturated carbocycles. The van der Waals surface area contributed by atoms with Crippen LogP contribution in [0.15, 0.2) is 23.1 Å². The molecule has 0 fully saturated rings. The number of halogens is 1. The maximum absolute atomic E-state index is 13.2. The summed E-state index contributed by atoms with van der Waals surface area (Å²) in [6.45, 7) is 4.25. The summed E-state index contributed by atoms with van der Waals surface area (Å²) in [4.78, 5) is 0.0412. The van der Waals surface area contributed by atoms with Gasteiger partial charge < -0.3 is 4.74 Å². The quantitative estimate of drug-likeness (QED) is 0.813. The first-order valence-electron chi connectivity index (χ1n) is 5.31. The number of hydrogen-bond donors (Lipinski definition) is 0. The summed E-state index contributed by atoms with van der Waals surface area (Å²) in [5.41, 5.74) is 0. The summed E-state index contributed by atoms with van der Waals surface area (Å²) in [6, 6.07) is 3.53. The normalized spacial score (nSPS) is 11.8. The van der Waals surface area contributed by atoms with Crippen LogP contribution in [0.4, 0.5) is 4.39 Å². The van der Waals surface area contributed by atoms with Gasteiger partial charge in [0.15, 0.2) is 11.6 Å². The molecule has 0 bridgehead atoms. The van der Waals surface area contributed by atoms with Gasteiger partial charge in [0.1, 0.15) is 0 Å². The molecule has 0 atom stereocenters. The van der Waals surface area contributed by atoms with E-state index in [4.69, 9.17) is 4.74 Å². The van der Waals surface area contributed by atoms with Crippen LogP contribution in [0.2, 0.25) is 0 Å². The Kier molecular flexibility index (Phi) is 4.47. The van der Waals surface area contributed by atoms with Crippen LogP contribution >= 0.6 is 0 Å². The van der Waals surface area contributed by atoms with Crippen molar-refractivity contribution in [3.63, 3.8) is 0 Å². The molecule has 4 nitrogen and oxygen atoms in total. The van der Waals surface area contributed by atoms with Crippen molar-refractivity contribution in [1.29, 1.82) is 0 Å². The molecular formula is C11H16FNO3S. The van der Waals surface area contributed by atoms with E-state index in [1.54, 1.807) is 13.8 Å². The topological polar surface area (TPSA) is 46.6 Å². The van der Waals surface area contributed by atoms with Crippen molar-refractivity contribution in [3.8, 4) is 5.75 Å². The van der Waals surface area contributed by atoms with Gasteiger partial charge in [-0.25, -0.2) is 12.8 Å².